The third-order valence-electron chi connectivity index (χ3n) is 3.20. The first-order valence-electron chi connectivity index (χ1n) is 5.08. The number of nitrogens with zero attached hydrogens (tertiary/aromatic N) is 1. The summed E-state index contributed by atoms with van der Waals surface area (Å²) in [6, 6.07) is 9.29. The van der Waals surface area contributed by atoms with Crippen molar-refractivity contribution in [1.29, 1.82) is 0 Å². The molecule has 0 spiro atoms. The van der Waals surface area contributed by atoms with Crippen LogP contribution in [-0.2, 0) is 0 Å². The lowest BCUT2D eigenvalue weighted by atomic mass is 9.88. The molecular formula is C12H12BrN. The molecule has 14 heavy (non-hydrogen) atoms. The molecule has 0 saturated carbocycles. The van der Waals surface area contributed by atoms with Gasteiger partial charge in [0.2, 0.25) is 0 Å². The Balaban J connectivity index is 2.13. The highest BCUT2D eigenvalue weighted by atomic mass is 79.9. The highest BCUT2D eigenvalue weighted by Crippen LogP contribution is 2.46. The predicted octanol–water partition coefficient (Wildman–Crippen LogP) is 3.62. The molecule has 1 aliphatic carbocycles. The largest absolute Gasteiger partial charge is 0.305 e. The van der Waals surface area contributed by atoms with E-state index < -0.39 is 0 Å². The van der Waals surface area contributed by atoms with Gasteiger partial charge in [-0.05, 0) is 24.5 Å². The first-order valence-corrected chi connectivity index (χ1v) is 5.79. The van der Waals surface area contributed by atoms with Gasteiger partial charge in [-0.15, -0.1) is 0 Å². The van der Waals surface area contributed by atoms with Gasteiger partial charge in [-0.1, -0.05) is 30.4 Å². The van der Waals surface area contributed by atoms with E-state index in [0.717, 1.165) is 0 Å². The second kappa shape index (κ2) is 3.13. The number of anilines is 1. The van der Waals surface area contributed by atoms with Gasteiger partial charge in [0.1, 0.15) is 0 Å². The van der Waals surface area contributed by atoms with Gasteiger partial charge in [0.05, 0.1) is 11.7 Å². The number of allylic oxidation sites excluding steroid dienone is 1. The average molecular weight is 250 g/mol. The minimum atomic E-state index is 0.597. The van der Waals surface area contributed by atoms with Crippen molar-refractivity contribution in [2.24, 2.45) is 0 Å². The fraction of sp³-hybridized carbons (Fsp3) is 0.333. The minimum absolute atomic E-state index is 0.597. The Morgan fingerprint density at radius 1 is 1.29 bits per heavy atom. The van der Waals surface area contributed by atoms with Crippen LogP contribution in [0, 0.1) is 0 Å². The van der Waals surface area contributed by atoms with Crippen LogP contribution >= 0.6 is 16.1 Å². The fourth-order valence-electron chi connectivity index (χ4n) is 2.53. The summed E-state index contributed by atoms with van der Waals surface area (Å²) in [4.78, 5) is 0. The van der Waals surface area contributed by atoms with Crippen molar-refractivity contribution in [3.05, 3.63) is 42.0 Å². The second-order valence-electron chi connectivity index (χ2n) is 3.97. The van der Waals surface area contributed by atoms with Gasteiger partial charge in [0.15, 0.2) is 0 Å². The van der Waals surface area contributed by atoms with Crippen molar-refractivity contribution in [3.63, 3.8) is 0 Å². The Morgan fingerprint density at radius 2 is 2.14 bits per heavy atom. The lowest BCUT2D eigenvalue weighted by molar-refractivity contribution is 0.586. The van der Waals surface area contributed by atoms with Crippen LogP contribution in [0.2, 0.25) is 0 Å². The summed E-state index contributed by atoms with van der Waals surface area (Å²) in [6.45, 7) is 0. The monoisotopic (exact) mass is 249 g/mol. The summed E-state index contributed by atoms with van der Waals surface area (Å²) in [5.41, 5.74) is 2.80. The van der Waals surface area contributed by atoms with Crippen molar-refractivity contribution < 1.29 is 0 Å². The number of fused-ring (bicyclic) bond motifs is 3. The van der Waals surface area contributed by atoms with E-state index in [4.69, 9.17) is 0 Å². The summed E-state index contributed by atoms with van der Waals surface area (Å²) in [5, 5.41) is 0. The Kier molecular flexibility index (Phi) is 1.91. The van der Waals surface area contributed by atoms with E-state index in [-0.39, 0.29) is 0 Å². The molecule has 1 nitrogen and oxygen atoms in total. The molecule has 0 radical (unpaired) electrons. The quantitative estimate of drug-likeness (QED) is 0.502. The van der Waals surface area contributed by atoms with Gasteiger partial charge in [-0.2, -0.15) is 0 Å². The summed E-state index contributed by atoms with van der Waals surface area (Å²) < 4.78 is 2.26. The van der Waals surface area contributed by atoms with Gasteiger partial charge >= 0.3 is 0 Å². The zero-order valence-corrected chi connectivity index (χ0v) is 9.44. The molecule has 3 rings (SSSR count). The minimum Gasteiger partial charge on any atom is -0.305 e. The molecule has 1 aromatic rings. The Hall–Kier alpha value is -0.760. The van der Waals surface area contributed by atoms with Gasteiger partial charge < -0.3 is 3.93 Å². The average Bonchev–Trinajstić information content (AvgIpc) is 2.55. The molecular weight excluding hydrogens is 238 g/mol. The van der Waals surface area contributed by atoms with Gasteiger partial charge in [0, 0.05) is 22.1 Å². The molecule has 2 aliphatic rings. The van der Waals surface area contributed by atoms with E-state index in [9.17, 15) is 0 Å². The molecule has 0 N–H and O–H groups in total. The van der Waals surface area contributed by atoms with E-state index >= 15 is 0 Å². The lowest BCUT2D eigenvalue weighted by Crippen LogP contribution is -2.26. The van der Waals surface area contributed by atoms with Crippen molar-refractivity contribution in [2.45, 2.75) is 24.8 Å². The number of rotatable bonds is 0. The molecule has 1 aromatic carbocycles. The zero-order valence-electron chi connectivity index (χ0n) is 7.86. The maximum absolute atomic E-state index is 3.68. The fourth-order valence-corrected chi connectivity index (χ4v) is 3.31. The molecule has 1 aliphatic heterocycles. The normalized spacial score (nSPS) is 28.8. The molecule has 0 bridgehead atoms. The molecule has 2 atom stereocenters. The molecule has 1 heterocycles. The maximum Gasteiger partial charge on any atom is 0.0513 e. The number of hydrogen-bond donors (Lipinski definition) is 0. The van der Waals surface area contributed by atoms with Crippen LogP contribution in [0.25, 0.3) is 0 Å². The standard InChI is InChI=1S/C12H12BrN/c13-14-11-7-3-1-5-9(11)10-6-2-4-8-12(10)14/h1-3,5-7,10,12H,4,8H2. The van der Waals surface area contributed by atoms with Crippen LogP contribution < -0.4 is 3.93 Å². The maximum atomic E-state index is 3.68. The smallest absolute Gasteiger partial charge is 0.0513 e. The molecule has 0 aromatic heterocycles. The molecule has 0 fully saturated rings. The first-order chi connectivity index (χ1) is 6.88. The molecule has 72 valence electrons. The third kappa shape index (κ3) is 1.07. The lowest BCUT2D eigenvalue weighted by Gasteiger charge is -2.25. The number of para-hydroxylation sites is 1. The Bertz CT molecular complexity index is 386. The van der Waals surface area contributed by atoms with Crippen LogP contribution in [0.3, 0.4) is 0 Å². The first kappa shape index (κ1) is 8.54. The number of hydrogen-bond acceptors (Lipinski definition) is 1. The third-order valence-corrected chi connectivity index (χ3v) is 4.11. The van der Waals surface area contributed by atoms with Gasteiger partial charge in [-0.25, -0.2) is 0 Å². The van der Waals surface area contributed by atoms with E-state index in [1.807, 2.05) is 0 Å². The molecule has 0 amide bonds. The van der Waals surface area contributed by atoms with Crippen LogP contribution in [0.4, 0.5) is 5.69 Å². The van der Waals surface area contributed by atoms with Crippen LogP contribution in [0.1, 0.15) is 24.3 Å². The topological polar surface area (TPSA) is 3.24 Å². The summed E-state index contributed by atoms with van der Waals surface area (Å²) in [5.74, 6) is 0.597. The van der Waals surface area contributed by atoms with Crippen molar-refractivity contribution >= 4 is 21.8 Å². The predicted molar refractivity (Wildman–Crippen MR) is 62.8 cm³/mol. The highest BCUT2D eigenvalue weighted by molar-refractivity contribution is 9.10. The van der Waals surface area contributed by atoms with E-state index in [2.05, 4.69) is 56.5 Å². The summed E-state index contributed by atoms with van der Waals surface area (Å²) >= 11 is 3.68. The second-order valence-corrected chi connectivity index (χ2v) is 4.73. The Labute approximate surface area is 92.8 Å². The molecule has 2 unspecified atom stereocenters. The zero-order chi connectivity index (χ0) is 9.54. The van der Waals surface area contributed by atoms with Gasteiger partial charge in [0.25, 0.3) is 0 Å². The molecule has 0 saturated heterocycles. The number of halogens is 1. The van der Waals surface area contributed by atoms with Crippen LogP contribution in [-0.4, -0.2) is 6.04 Å². The summed E-state index contributed by atoms with van der Waals surface area (Å²) in [7, 11) is 0. The van der Waals surface area contributed by atoms with Crippen molar-refractivity contribution in [1.82, 2.24) is 0 Å². The van der Waals surface area contributed by atoms with Gasteiger partial charge in [-0.3, -0.25) is 0 Å². The van der Waals surface area contributed by atoms with Crippen molar-refractivity contribution in [2.75, 3.05) is 3.93 Å². The van der Waals surface area contributed by atoms with Crippen LogP contribution in [0.5, 0.6) is 0 Å². The van der Waals surface area contributed by atoms with E-state index in [0.29, 0.717) is 12.0 Å². The number of benzene rings is 1. The van der Waals surface area contributed by atoms with E-state index in [1.54, 1.807) is 0 Å². The van der Waals surface area contributed by atoms with Crippen LogP contribution in [0.15, 0.2) is 36.4 Å². The SMILES string of the molecule is BrN1c2ccccc2C2C=CCCC21. The Morgan fingerprint density at radius 3 is 3.07 bits per heavy atom. The molecule has 2 heteroatoms. The van der Waals surface area contributed by atoms with Crippen molar-refractivity contribution in [3.8, 4) is 0 Å². The summed E-state index contributed by atoms with van der Waals surface area (Å²) in [6.07, 6.45) is 7.12. The van der Waals surface area contributed by atoms with E-state index in [1.165, 1.54) is 24.1 Å². The highest BCUT2D eigenvalue weighted by Gasteiger charge is 2.36.